The van der Waals surface area contributed by atoms with E-state index in [0.717, 1.165) is 33.2 Å². The molecule has 0 atom stereocenters. The van der Waals surface area contributed by atoms with Crippen LogP contribution >= 0.6 is 0 Å². The lowest BCUT2D eigenvalue weighted by Gasteiger charge is -2.09. The summed E-state index contributed by atoms with van der Waals surface area (Å²) < 4.78 is 9.52. The summed E-state index contributed by atoms with van der Waals surface area (Å²) >= 11 is 0. The number of hydrogen-bond donors (Lipinski definition) is 1. The molecule has 4 rings (SSSR count). The molecule has 132 valence electrons. The van der Waals surface area contributed by atoms with Crippen molar-refractivity contribution in [3.05, 3.63) is 60.9 Å². The molecule has 0 fully saturated rings. The van der Waals surface area contributed by atoms with Crippen LogP contribution < -0.4 is 10.1 Å². The summed E-state index contributed by atoms with van der Waals surface area (Å²) in [6.07, 6.45) is 4.41. The number of carbonyl (C=O) groups is 1. The van der Waals surface area contributed by atoms with Gasteiger partial charge >= 0.3 is 0 Å². The third-order valence-corrected chi connectivity index (χ3v) is 4.78. The van der Waals surface area contributed by atoms with Crippen molar-refractivity contribution in [2.75, 3.05) is 12.4 Å². The molecule has 0 aliphatic carbocycles. The number of hydrogen-bond acceptors (Lipinski definition) is 2. The van der Waals surface area contributed by atoms with Crippen molar-refractivity contribution in [3.63, 3.8) is 0 Å². The van der Waals surface area contributed by atoms with Crippen molar-refractivity contribution in [3.8, 4) is 5.75 Å². The second kappa shape index (κ2) is 6.59. The number of nitrogens with zero attached hydrogens (tertiary/aromatic N) is 2. The van der Waals surface area contributed by atoms with E-state index >= 15 is 0 Å². The van der Waals surface area contributed by atoms with Gasteiger partial charge in [0.15, 0.2) is 0 Å². The Labute approximate surface area is 151 Å². The van der Waals surface area contributed by atoms with Crippen molar-refractivity contribution in [2.45, 2.75) is 13.0 Å². The standard InChI is InChI=1S/C21H21N3O2/c1-23-12-9-15-17(5-3-6-18(15)23)22-21(25)11-14-24-13-10-16-19(24)7-4-8-20(16)26-2/h3-10,12-13H,11,14H2,1-2H3,(H,22,25). The van der Waals surface area contributed by atoms with Gasteiger partial charge in [0.25, 0.3) is 0 Å². The second-order valence-electron chi connectivity index (χ2n) is 6.37. The van der Waals surface area contributed by atoms with E-state index in [0.29, 0.717) is 13.0 Å². The molecule has 5 heteroatoms. The molecule has 4 aromatic rings. The van der Waals surface area contributed by atoms with E-state index in [4.69, 9.17) is 4.74 Å². The highest BCUT2D eigenvalue weighted by Crippen LogP contribution is 2.27. The smallest absolute Gasteiger partial charge is 0.226 e. The first kappa shape index (κ1) is 16.3. The van der Waals surface area contributed by atoms with Crippen LogP contribution in [-0.2, 0) is 18.4 Å². The third kappa shape index (κ3) is 2.81. The quantitative estimate of drug-likeness (QED) is 0.589. The van der Waals surface area contributed by atoms with Gasteiger partial charge in [0.05, 0.1) is 18.3 Å². The zero-order valence-corrected chi connectivity index (χ0v) is 14.9. The molecule has 2 heterocycles. The average molecular weight is 347 g/mol. The number of nitrogens with one attached hydrogen (secondary N) is 1. The van der Waals surface area contributed by atoms with Gasteiger partial charge in [-0.3, -0.25) is 4.79 Å². The van der Waals surface area contributed by atoms with Crippen molar-refractivity contribution < 1.29 is 9.53 Å². The summed E-state index contributed by atoms with van der Waals surface area (Å²) in [7, 11) is 3.67. The van der Waals surface area contributed by atoms with E-state index in [9.17, 15) is 4.79 Å². The van der Waals surface area contributed by atoms with E-state index in [2.05, 4.69) is 9.88 Å². The maximum atomic E-state index is 12.5. The molecule has 0 saturated heterocycles. The Kier molecular flexibility index (Phi) is 4.13. The minimum atomic E-state index is 0.00565. The number of rotatable bonds is 5. The highest BCUT2D eigenvalue weighted by atomic mass is 16.5. The Balaban J connectivity index is 1.49. The lowest BCUT2D eigenvalue weighted by molar-refractivity contribution is -0.116. The average Bonchev–Trinajstić information content (AvgIpc) is 3.24. The van der Waals surface area contributed by atoms with Crippen LogP contribution in [0.1, 0.15) is 6.42 Å². The molecule has 1 amide bonds. The van der Waals surface area contributed by atoms with Crippen LogP contribution in [-0.4, -0.2) is 22.2 Å². The SMILES string of the molecule is COc1cccc2c1ccn2CCC(=O)Nc1cccc2c1ccn2C. The summed E-state index contributed by atoms with van der Waals surface area (Å²) in [6.45, 7) is 0.618. The minimum Gasteiger partial charge on any atom is -0.496 e. The molecule has 5 nitrogen and oxygen atoms in total. The lowest BCUT2D eigenvalue weighted by atomic mass is 10.2. The number of ether oxygens (including phenoxy) is 1. The third-order valence-electron chi connectivity index (χ3n) is 4.78. The maximum absolute atomic E-state index is 12.5. The van der Waals surface area contributed by atoms with Gasteiger partial charge in [-0.15, -0.1) is 0 Å². The number of amides is 1. The molecule has 0 aliphatic heterocycles. The predicted octanol–water partition coefficient (Wildman–Crippen LogP) is 4.17. The fourth-order valence-electron chi connectivity index (χ4n) is 3.41. The van der Waals surface area contributed by atoms with E-state index in [1.54, 1.807) is 7.11 Å². The number of fused-ring (bicyclic) bond motifs is 2. The van der Waals surface area contributed by atoms with Gasteiger partial charge in [-0.25, -0.2) is 0 Å². The number of anilines is 1. The summed E-state index contributed by atoms with van der Waals surface area (Å²) in [5.41, 5.74) is 3.03. The van der Waals surface area contributed by atoms with Gasteiger partial charge in [-0.1, -0.05) is 12.1 Å². The molecule has 0 spiro atoms. The fraction of sp³-hybridized carbons (Fsp3) is 0.190. The van der Waals surface area contributed by atoms with Crippen molar-refractivity contribution >= 4 is 33.4 Å². The van der Waals surface area contributed by atoms with Crippen molar-refractivity contribution in [1.82, 2.24) is 9.13 Å². The molecule has 2 aromatic carbocycles. The number of methoxy groups -OCH3 is 1. The summed E-state index contributed by atoms with van der Waals surface area (Å²) in [5, 5.41) is 5.16. The monoisotopic (exact) mass is 347 g/mol. The van der Waals surface area contributed by atoms with Gasteiger partial charge in [-0.05, 0) is 36.4 Å². The van der Waals surface area contributed by atoms with Crippen LogP contribution in [0.25, 0.3) is 21.8 Å². The molecule has 0 unspecified atom stereocenters. The number of carbonyl (C=O) groups excluding carboxylic acids is 1. The highest BCUT2D eigenvalue weighted by Gasteiger charge is 2.10. The molecular weight excluding hydrogens is 326 g/mol. The number of aromatic nitrogens is 2. The largest absolute Gasteiger partial charge is 0.496 e. The molecule has 26 heavy (non-hydrogen) atoms. The summed E-state index contributed by atoms with van der Waals surface area (Å²) in [4.78, 5) is 12.5. The van der Waals surface area contributed by atoms with Crippen LogP contribution in [0.5, 0.6) is 5.75 Å². The highest BCUT2D eigenvalue weighted by molar-refractivity contribution is 6.01. The first-order valence-corrected chi connectivity index (χ1v) is 8.63. The zero-order valence-electron chi connectivity index (χ0n) is 14.9. The number of aryl methyl sites for hydroxylation is 2. The zero-order chi connectivity index (χ0) is 18.1. The molecular formula is C21H21N3O2. The summed E-state index contributed by atoms with van der Waals surface area (Å²) in [6, 6.07) is 16.0. The van der Waals surface area contributed by atoms with Crippen molar-refractivity contribution in [1.29, 1.82) is 0 Å². The van der Waals surface area contributed by atoms with E-state index < -0.39 is 0 Å². The number of benzene rings is 2. The van der Waals surface area contributed by atoms with Crippen LogP contribution in [0.4, 0.5) is 5.69 Å². The lowest BCUT2D eigenvalue weighted by Crippen LogP contribution is -2.14. The molecule has 0 saturated carbocycles. The Morgan fingerprint density at radius 2 is 1.77 bits per heavy atom. The first-order valence-electron chi connectivity index (χ1n) is 8.63. The van der Waals surface area contributed by atoms with Crippen LogP contribution in [0.15, 0.2) is 60.9 Å². The Bertz CT molecular complexity index is 1090. The molecule has 2 aromatic heterocycles. The second-order valence-corrected chi connectivity index (χ2v) is 6.37. The maximum Gasteiger partial charge on any atom is 0.226 e. The molecule has 1 N–H and O–H groups in total. The Morgan fingerprint density at radius 3 is 2.62 bits per heavy atom. The topological polar surface area (TPSA) is 48.2 Å². The normalized spacial score (nSPS) is 11.2. The van der Waals surface area contributed by atoms with Crippen LogP contribution in [0, 0.1) is 0 Å². The minimum absolute atomic E-state index is 0.00565. The Morgan fingerprint density at radius 1 is 1.00 bits per heavy atom. The molecule has 0 aliphatic rings. The molecule has 0 radical (unpaired) electrons. The van der Waals surface area contributed by atoms with E-state index in [-0.39, 0.29) is 5.91 Å². The van der Waals surface area contributed by atoms with Gasteiger partial charge in [0.1, 0.15) is 5.75 Å². The predicted molar refractivity (Wildman–Crippen MR) is 105 cm³/mol. The van der Waals surface area contributed by atoms with Crippen molar-refractivity contribution in [2.24, 2.45) is 7.05 Å². The molecule has 0 bridgehead atoms. The van der Waals surface area contributed by atoms with Gasteiger partial charge < -0.3 is 19.2 Å². The summed E-state index contributed by atoms with van der Waals surface area (Å²) in [5.74, 6) is 0.854. The van der Waals surface area contributed by atoms with Gasteiger partial charge in [0.2, 0.25) is 5.91 Å². The van der Waals surface area contributed by atoms with E-state index in [1.165, 1.54) is 0 Å². The fourth-order valence-corrected chi connectivity index (χ4v) is 3.41. The van der Waals surface area contributed by atoms with Crippen LogP contribution in [0.2, 0.25) is 0 Å². The van der Waals surface area contributed by atoms with Crippen LogP contribution in [0.3, 0.4) is 0 Å². The van der Waals surface area contributed by atoms with Gasteiger partial charge in [-0.2, -0.15) is 0 Å². The van der Waals surface area contributed by atoms with Gasteiger partial charge in [0, 0.05) is 48.7 Å². The van der Waals surface area contributed by atoms with E-state index in [1.807, 2.05) is 72.5 Å². The Hall–Kier alpha value is -3.21. The first-order chi connectivity index (χ1) is 12.7.